The summed E-state index contributed by atoms with van der Waals surface area (Å²) in [6.45, 7) is 1.04. The first kappa shape index (κ1) is 12.2. The average Bonchev–Trinajstić information content (AvgIpc) is 3.05. The van der Waals surface area contributed by atoms with Crippen LogP contribution in [-0.4, -0.2) is 13.7 Å². The number of hydrogen-bond acceptors (Lipinski definition) is 2. The van der Waals surface area contributed by atoms with Gasteiger partial charge in [-0.05, 0) is 50.3 Å². The van der Waals surface area contributed by atoms with Crippen molar-refractivity contribution >= 4 is 37.5 Å². The summed E-state index contributed by atoms with van der Waals surface area (Å²) in [5.74, 6) is 1.82. The molecular formula is C12H15Br2NO. The predicted molar refractivity (Wildman–Crippen MR) is 74.2 cm³/mol. The largest absolute Gasteiger partial charge is 0.495 e. The SMILES string of the molecule is COc1cc(NCCC2CC2)c(Br)cc1Br. The van der Waals surface area contributed by atoms with Gasteiger partial charge in [0.2, 0.25) is 0 Å². The van der Waals surface area contributed by atoms with Crippen LogP contribution in [0, 0.1) is 5.92 Å². The summed E-state index contributed by atoms with van der Waals surface area (Å²) < 4.78 is 7.31. The average molecular weight is 349 g/mol. The number of methoxy groups -OCH3 is 1. The van der Waals surface area contributed by atoms with Crippen molar-refractivity contribution in [2.24, 2.45) is 5.92 Å². The summed E-state index contributed by atoms with van der Waals surface area (Å²) in [6, 6.07) is 4.03. The zero-order valence-electron chi connectivity index (χ0n) is 9.22. The third-order valence-corrected chi connectivity index (χ3v) is 4.08. The molecule has 0 radical (unpaired) electrons. The highest BCUT2D eigenvalue weighted by Crippen LogP contribution is 2.35. The number of nitrogens with one attached hydrogen (secondary N) is 1. The molecule has 1 N–H and O–H groups in total. The van der Waals surface area contributed by atoms with Crippen LogP contribution < -0.4 is 10.1 Å². The van der Waals surface area contributed by atoms with Gasteiger partial charge in [-0.2, -0.15) is 0 Å². The van der Waals surface area contributed by atoms with Gasteiger partial charge in [0, 0.05) is 17.1 Å². The lowest BCUT2D eigenvalue weighted by Crippen LogP contribution is -2.03. The standard InChI is InChI=1S/C12H15Br2NO/c1-16-12-7-11(9(13)6-10(12)14)15-5-4-8-2-3-8/h6-8,15H,2-5H2,1H3. The number of benzene rings is 1. The van der Waals surface area contributed by atoms with Crippen LogP contribution >= 0.6 is 31.9 Å². The minimum atomic E-state index is 0.858. The lowest BCUT2D eigenvalue weighted by atomic mass is 10.2. The molecule has 1 aromatic carbocycles. The van der Waals surface area contributed by atoms with E-state index < -0.39 is 0 Å². The van der Waals surface area contributed by atoms with Gasteiger partial charge >= 0.3 is 0 Å². The van der Waals surface area contributed by atoms with Gasteiger partial charge in [0.1, 0.15) is 5.75 Å². The molecule has 0 atom stereocenters. The fourth-order valence-corrected chi connectivity index (χ4v) is 2.93. The molecule has 88 valence electrons. The molecule has 1 aliphatic rings. The molecule has 0 bridgehead atoms. The second-order valence-electron chi connectivity index (χ2n) is 4.13. The third kappa shape index (κ3) is 3.14. The Labute approximate surface area is 113 Å². The first-order valence-corrected chi connectivity index (χ1v) is 7.06. The van der Waals surface area contributed by atoms with Crippen LogP contribution in [0.15, 0.2) is 21.1 Å². The Morgan fingerprint density at radius 1 is 1.31 bits per heavy atom. The van der Waals surface area contributed by atoms with Crippen LogP contribution in [0.5, 0.6) is 5.75 Å². The first-order chi connectivity index (χ1) is 7.70. The van der Waals surface area contributed by atoms with Gasteiger partial charge in [-0.15, -0.1) is 0 Å². The molecular weight excluding hydrogens is 334 g/mol. The van der Waals surface area contributed by atoms with Gasteiger partial charge in [0.05, 0.1) is 17.3 Å². The van der Waals surface area contributed by atoms with Gasteiger partial charge in [-0.1, -0.05) is 12.8 Å². The smallest absolute Gasteiger partial charge is 0.135 e. The summed E-state index contributed by atoms with van der Waals surface area (Å²) >= 11 is 7.01. The number of halogens is 2. The molecule has 0 saturated heterocycles. The van der Waals surface area contributed by atoms with Crippen LogP contribution in [0.1, 0.15) is 19.3 Å². The fourth-order valence-electron chi connectivity index (χ4n) is 1.64. The van der Waals surface area contributed by atoms with E-state index >= 15 is 0 Å². The van der Waals surface area contributed by atoms with E-state index in [0.717, 1.165) is 32.8 Å². The maximum absolute atomic E-state index is 5.27. The van der Waals surface area contributed by atoms with E-state index in [9.17, 15) is 0 Å². The van der Waals surface area contributed by atoms with Crippen molar-refractivity contribution in [1.29, 1.82) is 0 Å². The van der Waals surface area contributed by atoms with Crippen LogP contribution in [0.3, 0.4) is 0 Å². The van der Waals surface area contributed by atoms with Gasteiger partial charge in [0.15, 0.2) is 0 Å². The Bertz CT molecular complexity index is 378. The molecule has 2 nitrogen and oxygen atoms in total. The molecule has 2 rings (SSSR count). The summed E-state index contributed by atoms with van der Waals surface area (Å²) in [7, 11) is 1.68. The summed E-state index contributed by atoms with van der Waals surface area (Å²) in [4.78, 5) is 0. The summed E-state index contributed by atoms with van der Waals surface area (Å²) in [5, 5.41) is 3.44. The van der Waals surface area contributed by atoms with Crippen molar-refractivity contribution in [3.8, 4) is 5.75 Å². The molecule has 4 heteroatoms. The Morgan fingerprint density at radius 3 is 2.69 bits per heavy atom. The predicted octanol–water partition coefficient (Wildman–Crippen LogP) is 4.43. The Hall–Kier alpha value is -0.220. The minimum Gasteiger partial charge on any atom is -0.495 e. The first-order valence-electron chi connectivity index (χ1n) is 5.47. The molecule has 16 heavy (non-hydrogen) atoms. The highest BCUT2D eigenvalue weighted by atomic mass is 79.9. The zero-order valence-corrected chi connectivity index (χ0v) is 12.4. The Balaban J connectivity index is 2.00. The van der Waals surface area contributed by atoms with Crippen molar-refractivity contribution in [3.05, 3.63) is 21.1 Å². The molecule has 0 heterocycles. The Morgan fingerprint density at radius 2 is 2.06 bits per heavy atom. The van der Waals surface area contributed by atoms with Gasteiger partial charge in [-0.3, -0.25) is 0 Å². The fraction of sp³-hybridized carbons (Fsp3) is 0.500. The lowest BCUT2D eigenvalue weighted by molar-refractivity contribution is 0.412. The summed E-state index contributed by atoms with van der Waals surface area (Å²) in [6.07, 6.45) is 4.09. The lowest BCUT2D eigenvalue weighted by Gasteiger charge is -2.11. The minimum absolute atomic E-state index is 0.858. The van der Waals surface area contributed by atoms with Crippen LogP contribution in [-0.2, 0) is 0 Å². The molecule has 0 amide bonds. The van der Waals surface area contributed by atoms with Crippen molar-refractivity contribution in [2.75, 3.05) is 19.0 Å². The normalized spacial score (nSPS) is 14.9. The maximum Gasteiger partial charge on any atom is 0.135 e. The monoisotopic (exact) mass is 347 g/mol. The van der Waals surface area contributed by atoms with Crippen LogP contribution in [0.4, 0.5) is 5.69 Å². The van der Waals surface area contributed by atoms with E-state index in [1.807, 2.05) is 12.1 Å². The molecule has 0 spiro atoms. The van der Waals surface area contributed by atoms with Crippen LogP contribution in [0.25, 0.3) is 0 Å². The van der Waals surface area contributed by atoms with E-state index in [0.29, 0.717) is 0 Å². The molecule has 1 aliphatic carbocycles. The van der Waals surface area contributed by atoms with Crippen molar-refractivity contribution in [2.45, 2.75) is 19.3 Å². The molecule has 0 aromatic heterocycles. The highest BCUT2D eigenvalue weighted by molar-refractivity contribution is 9.11. The third-order valence-electron chi connectivity index (χ3n) is 2.81. The van der Waals surface area contributed by atoms with Gasteiger partial charge in [0.25, 0.3) is 0 Å². The van der Waals surface area contributed by atoms with Gasteiger partial charge < -0.3 is 10.1 Å². The van der Waals surface area contributed by atoms with E-state index in [4.69, 9.17) is 4.74 Å². The quantitative estimate of drug-likeness (QED) is 0.849. The summed E-state index contributed by atoms with van der Waals surface area (Å²) in [5.41, 5.74) is 1.10. The molecule has 1 aromatic rings. The van der Waals surface area contributed by atoms with E-state index in [1.165, 1.54) is 19.3 Å². The second-order valence-corrected chi connectivity index (χ2v) is 5.83. The Kier molecular flexibility index (Phi) is 4.14. The van der Waals surface area contributed by atoms with Crippen molar-refractivity contribution in [3.63, 3.8) is 0 Å². The second kappa shape index (κ2) is 5.41. The number of rotatable bonds is 5. The van der Waals surface area contributed by atoms with E-state index in [2.05, 4.69) is 37.2 Å². The topological polar surface area (TPSA) is 21.3 Å². The number of ether oxygens (including phenoxy) is 1. The van der Waals surface area contributed by atoms with E-state index in [-0.39, 0.29) is 0 Å². The van der Waals surface area contributed by atoms with Crippen molar-refractivity contribution < 1.29 is 4.74 Å². The molecule has 0 unspecified atom stereocenters. The van der Waals surface area contributed by atoms with Crippen molar-refractivity contribution in [1.82, 2.24) is 0 Å². The van der Waals surface area contributed by atoms with E-state index in [1.54, 1.807) is 7.11 Å². The number of hydrogen-bond donors (Lipinski definition) is 1. The zero-order chi connectivity index (χ0) is 11.5. The molecule has 1 saturated carbocycles. The number of anilines is 1. The highest BCUT2D eigenvalue weighted by Gasteiger charge is 2.20. The maximum atomic E-state index is 5.27. The van der Waals surface area contributed by atoms with Crippen LogP contribution in [0.2, 0.25) is 0 Å². The van der Waals surface area contributed by atoms with Gasteiger partial charge in [-0.25, -0.2) is 0 Å². The molecule has 0 aliphatic heterocycles. The molecule has 1 fully saturated rings.